The zero-order valence-electron chi connectivity index (χ0n) is 10.4. The topological polar surface area (TPSA) is 12.9 Å². The highest BCUT2D eigenvalue weighted by Crippen LogP contribution is 2.39. The van der Waals surface area contributed by atoms with Crippen LogP contribution in [0.25, 0.3) is 0 Å². The van der Waals surface area contributed by atoms with Crippen LogP contribution in [-0.4, -0.2) is 11.2 Å². The van der Waals surface area contributed by atoms with Gasteiger partial charge in [0, 0.05) is 24.2 Å². The number of hydrogen-bond acceptors (Lipinski definition) is 1. The summed E-state index contributed by atoms with van der Waals surface area (Å²) in [6, 6.07) is 5.38. The summed E-state index contributed by atoms with van der Waals surface area (Å²) >= 11 is 0. The molecule has 0 aliphatic carbocycles. The summed E-state index contributed by atoms with van der Waals surface area (Å²) in [5.41, 5.74) is 0.517. The first-order valence-corrected chi connectivity index (χ1v) is 5.68. The number of aromatic nitrogens is 1. The molecule has 0 aliphatic rings. The van der Waals surface area contributed by atoms with Crippen molar-refractivity contribution >= 4 is 0 Å². The molecule has 0 aromatic carbocycles. The lowest BCUT2D eigenvalue weighted by molar-refractivity contribution is -0.137. The first-order valence-electron chi connectivity index (χ1n) is 5.68. The van der Waals surface area contributed by atoms with Gasteiger partial charge in [-0.15, -0.1) is 0 Å². The first kappa shape index (κ1) is 14.0. The Morgan fingerprint density at radius 3 is 2.24 bits per heavy atom. The molecule has 0 fully saturated rings. The fourth-order valence-corrected chi connectivity index (χ4v) is 1.91. The molecule has 4 heteroatoms. The van der Waals surface area contributed by atoms with E-state index in [4.69, 9.17) is 0 Å². The Morgan fingerprint density at radius 1 is 1.18 bits per heavy atom. The molecule has 1 aromatic rings. The molecule has 0 amide bonds. The number of rotatable bonds is 3. The Labute approximate surface area is 100 Å². The third-order valence-electron chi connectivity index (χ3n) is 2.81. The Hall–Kier alpha value is -1.06. The van der Waals surface area contributed by atoms with Crippen LogP contribution in [0, 0.1) is 5.41 Å². The van der Waals surface area contributed by atoms with Crippen molar-refractivity contribution in [3.63, 3.8) is 0 Å². The van der Waals surface area contributed by atoms with E-state index in [1.165, 1.54) is 0 Å². The van der Waals surface area contributed by atoms with Gasteiger partial charge in [0.05, 0.1) is 0 Å². The predicted octanol–water partition coefficient (Wildman–Crippen LogP) is 4.55. The molecule has 0 saturated carbocycles. The molecular weight excluding hydrogens is 227 g/mol. The minimum atomic E-state index is -4.10. The largest absolute Gasteiger partial charge is 0.389 e. The molecule has 1 heterocycles. The van der Waals surface area contributed by atoms with Crippen LogP contribution < -0.4 is 0 Å². The Balaban J connectivity index is 2.83. The van der Waals surface area contributed by atoms with Crippen molar-refractivity contribution in [2.45, 2.75) is 45.7 Å². The number of halogens is 3. The standard InChI is InChI=1S/C13H18F3N/c1-12(2,3)10(7-8-13(14,15)16)11-6-4-5-9-17-11/h4-6,9-10H,7-8H2,1-3H3. The van der Waals surface area contributed by atoms with Gasteiger partial charge in [0.1, 0.15) is 0 Å². The lowest BCUT2D eigenvalue weighted by Crippen LogP contribution is -2.22. The fraction of sp³-hybridized carbons (Fsp3) is 0.615. The number of nitrogens with zero attached hydrogens (tertiary/aromatic N) is 1. The molecular formula is C13H18F3N. The zero-order valence-corrected chi connectivity index (χ0v) is 10.4. The number of hydrogen-bond donors (Lipinski definition) is 0. The smallest absolute Gasteiger partial charge is 0.261 e. The van der Waals surface area contributed by atoms with Crippen LogP contribution in [0.1, 0.15) is 45.2 Å². The Bertz CT molecular complexity index is 338. The van der Waals surface area contributed by atoms with Crippen molar-refractivity contribution < 1.29 is 13.2 Å². The Morgan fingerprint density at radius 2 is 1.82 bits per heavy atom. The monoisotopic (exact) mass is 245 g/mol. The van der Waals surface area contributed by atoms with Crippen LogP contribution in [0.4, 0.5) is 13.2 Å². The molecule has 17 heavy (non-hydrogen) atoms. The summed E-state index contributed by atoms with van der Waals surface area (Å²) < 4.78 is 36.9. The molecule has 96 valence electrons. The second-order valence-corrected chi connectivity index (χ2v) is 5.33. The summed E-state index contributed by atoms with van der Waals surface area (Å²) in [7, 11) is 0. The van der Waals surface area contributed by atoms with E-state index in [2.05, 4.69) is 4.98 Å². The van der Waals surface area contributed by atoms with Gasteiger partial charge in [-0.1, -0.05) is 26.8 Å². The summed E-state index contributed by atoms with van der Waals surface area (Å²) in [5, 5.41) is 0. The highest BCUT2D eigenvalue weighted by Gasteiger charge is 2.33. The molecule has 1 unspecified atom stereocenters. The summed E-state index contributed by atoms with van der Waals surface area (Å²) in [6.45, 7) is 5.84. The van der Waals surface area contributed by atoms with E-state index in [1.54, 1.807) is 18.3 Å². The van der Waals surface area contributed by atoms with Gasteiger partial charge in [0.15, 0.2) is 0 Å². The van der Waals surface area contributed by atoms with Crippen molar-refractivity contribution in [3.8, 4) is 0 Å². The van der Waals surface area contributed by atoms with E-state index in [9.17, 15) is 13.2 Å². The minimum absolute atomic E-state index is 0.0873. The third kappa shape index (κ3) is 4.75. The molecule has 1 aromatic heterocycles. The normalized spacial score (nSPS) is 14.7. The van der Waals surface area contributed by atoms with Crippen LogP contribution in [0.15, 0.2) is 24.4 Å². The lowest BCUT2D eigenvalue weighted by Gasteiger charge is -2.30. The van der Waals surface area contributed by atoms with E-state index >= 15 is 0 Å². The van der Waals surface area contributed by atoms with E-state index in [0.29, 0.717) is 0 Å². The van der Waals surface area contributed by atoms with E-state index < -0.39 is 12.6 Å². The van der Waals surface area contributed by atoms with Crippen molar-refractivity contribution in [1.29, 1.82) is 0 Å². The van der Waals surface area contributed by atoms with E-state index in [1.807, 2.05) is 26.8 Å². The Kier molecular flexibility index (Phi) is 4.17. The van der Waals surface area contributed by atoms with Crippen molar-refractivity contribution in [2.24, 2.45) is 5.41 Å². The van der Waals surface area contributed by atoms with Crippen molar-refractivity contribution in [1.82, 2.24) is 4.98 Å². The van der Waals surface area contributed by atoms with Gasteiger partial charge in [-0.05, 0) is 24.0 Å². The second kappa shape index (κ2) is 5.07. The van der Waals surface area contributed by atoms with Crippen LogP contribution in [-0.2, 0) is 0 Å². The van der Waals surface area contributed by atoms with Gasteiger partial charge in [-0.25, -0.2) is 0 Å². The number of pyridine rings is 1. The van der Waals surface area contributed by atoms with Crippen LogP contribution >= 0.6 is 0 Å². The molecule has 1 atom stereocenters. The molecule has 0 spiro atoms. The molecule has 0 aliphatic heterocycles. The summed E-state index contributed by atoms with van der Waals surface area (Å²) in [6.07, 6.45) is -3.14. The fourth-order valence-electron chi connectivity index (χ4n) is 1.91. The van der Waals surface area contributed by atoms with Gasteiger partial charge in [-0.3, -0.25) is 4.98 Å². The van der Waals surface area contributed by atoms with Crippen LogP contribution in [0.3, 0.4) is 0 Å². The number of alkyl halides is 3. The van der Waals surface area contributed by atoms with Crippen molar-refractivity contribution in [2.75, 3.05) is 0 Å². The molecule has 1 nitrogen and oxygen atoms in total. The highest BCUT2D eigenvalue weighted by atomic mass is 19.4. The average molecular weight is 245 g/mol. The molecule has 0 N–H and O–H groups in total. The summed E-state index contributed by atoms with van der Waals surface area (Å²) in [4.78, 5) is 4.18. The van der Waals surface area contributed by atoms with Crippen LogP contribution in [0.5, 0.6) is 0 Å². The maximum atomic E-state index is 12.3. The molecule has 0 saturated heterocycles. The summed E-state index contributed by atoms with van der Waals surface area (Å²) in [5.74, 6) is -0.176. The van der Waals surface area contributed by atoms with Crippen molar-refractivity contribution in [3.05, 3.63) is 30.1 Å². The van der Waals surface area contributed by atoms with Gasteiger partial charge in [0.2, 0.25) is 0 Å². The SMILES string of the molecule is CC(C)(C)C(CCC(F)(F)F)c1ccccn1. The maximum absolute atomic E-state index is 12.3. The first-order chi connectivity index (χ1) is 7.70. The third-order valence-corrected chi connectivity index (χ3v) is 2.81. The van der Waals surface area contributed by atoms with Gasteiger partial charge < -0.3 is 0 Å². The molecule has 0 radical (unpaired) electrons. The quantitative estimate of drug-likeness (QED) is 0.761. The van der Waals surface area contributed by atoms with Gasteiger partial charge in [-0.2, -0.15) is 13.2 Å². The van der Waals surface area contributed by atoms with Crippen LogP contribution in [0.2, 0.25) is 0 Å². The minimum Gasteiger partial charge on any atom is -0.261 e. The maximum Gasteiger partial charge on any atom is 0.389 e. The second-order valence-electron chi connectivity index (χ2n) is 5.33. The van der Waals surface area contributed by atoms with E-state index in [0.717, 1.165) is 5.69 Å². The predicted molar refractivity (Wildman–Crippen MR) is 61.7 cm³/mol. The average Bonchev–Trinajstić information content (AvgIpc) is 2.15. The highest BCUT2D eigenvalue weighted by molar-refractivity contribution is 5.12. The molecule has 0 bridgehead atoms. The van der Waals surface area contributed by atoms with Gasteiger partial charge >= 0.3 is 6.18 Å². The van der Waals surface area contributed by atoms with Gasteiger partial charge in [0.25, 0.3) is 0 Å². The van der Waals surface area contributed by atoms with E-state index in [-0.39, 0.29) is 17.8 Å². The zero-order chi connectivity index (χ0) is 13.1. The lowest BCUT2D eigenvalue weighted by atomic mass is 9.76. The molecule has 1 rings (SSSR count).